The topological polar surface area (TPSA) is 64.8 Å². The van der Waals surface area contributed by atoms with Crippen molar-refractivity contribution in [2.75, 3.05) is 32.8 Å². The maximum absolute atomic E-state index is 12.3. The van der Waals surface area contributed by atoms with Gasteiger partial charge in [-0.2, -0.15) is 0 Å². The third kappa shape index (κ3) is 3.43. The van der Waals surface area contributed by atoms with Gasteiger partial charge in [0.2, 0.25) is 5.91 Å². The fourth-order valence-electron chi connectivity index (χ4n) is 2.72. The number of morpholine rings is 1. The molecule has 3 atom stereocenters. The third-order valence-corrected chi connectivity index (χ3v) is 3.82. The summed E-state index contributed by atoms with van der Waals surface area (Å²) in [6.07, 6.45) is 3.43. The van der Waals surface area contributed by atoms with Crippen LogP contribution in [0.15, 0.2) is 0 Å². The van der Waals surface area contributed by atoms with Crippen molar-refractivity contribution < 1.29 is 14.3 Å². The van der Waals surface area contributed by atoms with E-state index in [0.717, 1.165) is 19.3 Å². The van der Waals surface area contributed by atoms with Crippen LogP contribution in [0.25, 0.3) is 0 Å². The molecule has 5 nitrogen and oxygen atoms in total. The second kappa shape index (κ2) is 6.50. The van der Waals surface area contributed by atoms with Crippen LogP contribution in [0.2, 0.25) is 0 Å². The summed E-state index contributed by atoms with van der Waals surface area (Å²) in [6.45, 7) is 5.15. The van der Waals surface area contributed by atoms with Gasteiger partial charge in [0.15, 0.2) is 0 Å². The summed E-state index contributed by atoms with van der Waals surface area (Å²) in [4.78, 5) is 14.2. The Kier molecular flexibility index (Phi) is 4.97. The Bertz CT molecular complexity index is 279. The van der Waals surface area contributed by atoms with Gasteiger partial charge in [-0.15, -0.1) is 0 Å². The first-order valence-corrected chi connectivity index (χ1v) is 6.92. The minimum Gasteiger partial charge on any atom is -0.378 e. The Morgan fingerprint density at radius 3 is 2.67 bits per heavy atom. The molecule has 0 bridgehead atoms. The number of carbonyl (C=O) groups excluding carboxylic acids is 1. The van der Waals surface area contributed by atoms with Gasteiger partial charge < -0.3 is 20.1 Å². The van der Waals surface area contributed by atoms with E-state index in [0.29, 0.717) is 39.0 Å². The smallest absolute Gasteiger partial charge is 0.227 e. The van der Waals surface area contributed by atoms with E-state index in [2.05, 4.69) is 6.92 Å². The van der Waals surface area contributed by atoms with Crippen molar-refractivity contribution >= 4 is 5.91 Å². The van der Waals surface area contributed by atoms with Crippen molar-refractivity contribution in [2.45, 2.75) is 38.4 Å². The highest BCUT2D eigenvalue weighted by Gasteiger charge is 2.30. The quantitative estimate of drug-likeness (QED) is 0.789. The first-order valence-electron chi connectivity index (χ1n) is 6.92. The van der Waals surface area contributed by atoms with Crippen molar-refractivity contribution in [2.24, 2.45) is 11.7 Å². The second-order valence-corrected chi connectivity index (χ2v) is 5.25. The van der Waals surface area contributed by atoms with E-state index in [-0.39, 0.29) is 17.9 Å². The number of amides is 1. The van der Waals surface area contributed by atoms with Gasteiger partial charge in [0.25, 0.3) is 0 Å². The predicted octanol–water partition coefficient (Wildman–Crippen LogP) is 0.378. The fraction of sp³-hybridized carbons (Fsp3) is 0.923. The lowest BCUT2D eigenvalue weighted by molar-refractivity contribution is -0.140. The zero-order valence-electron chi connectivity index (χ0n) is 11.1. The molecular weight excluding hydrogens is 232 g/mol. The van der Waals surface area contributed by atoms with E-state index >= 15 is 0 Å². The Hall–Kier alpha value is -0.650. The van der Waals surface area contributed by atoms with Gasteiger partial charge in [-0.05, 0) is 26.2 Å². The van der Waals surface area contributed by atoms with Crippen molar-refractivity contribution in [1.29, 1.82) is 0 Å². The second-order valence-electron chi connectivity index (χ2n) is 5.25. The normalized spacial score (nSPS) is 30.4. The van der Waals surface area contributed by atoms with Crippen LogP contribution in [-0.2, 0) is 14.3 Å². The summed E-state index contributed by atoms with van der Waals surface area (Å²) in [7, 11) is 0. The fourth-order valence-corrected chi connectivity index (χ4v) is 2.72. The van der Waals surface area contributed by atoms with Crippen LogP contribution >= 0.6 is 0 Å². The first kappa shape index (κ1) is 13.8. The van der Waals surface area contributed by atoms with E-state index in [4.69, 9.17) is 15.2 Å². The van der Waals surface area contributed by atoms with E-state index in [1.165, 1.54) is 0 Å². The molecule has 2 fully saturated rings. The minimum absolute atomic E-state index is 0.0987. The van der Waals surface area contributed by atoms with Gasteiger partial charge in [-0.25, -0.2) is 0 Å². The highest BCUT2D eigenvalue weighted by Crippen LogP contribution is 2.25. The Morgan fingerprint density at radius 1 is 1.39 bits per heavy atom. The molecule has 2 aliphatic rings. The van der Waals surface area contributed by atoms with E-state index in [1.54, 1.807) is 0 Å². The van der Waals surface area contributed by atoms with Crippen LogP contribution < -0.4 is 5.73 Å². The molecule has 0 aromatic carbocycles. The van der Waals surface area contributed by atoms with E-state index in [9.17, 15) is 4.79 Å². The molecule has 2 rings (SSSR count). The summed E-state index contributed by atoms with van der Waals surface area (Å²) < 4.78 is 11.0. The Labute approximate surface area is 109 Å². The summed E-state index contributed by atoms with van der Waals surface area (Å²) >= 11 is 0. The lowest BCUT2D eigenvalue weighted by Gasteiger charge is -2.30. The number of hydrogen-bond acceptors (Lipinski definition) is 4. The van der Waals surface area contributed by atoms with Crippen LogP contribution in [0.3, 0.4) is 0 Å². The maximum Gasteiger partial charge on any atom is 0.227 e. The molecule has 0 saturated carbocycles. The van der Waals surface area contributed by atoms with Crippen molar-refractivity contribution in [3.8, 4) is 0 Å². The number of ether oxygens (including phenoxy) is 2. The standard InChI is InChI=1S/C13H24N2O3/c1-10-2-3-12(18-10)8-11(9-14)13(16)15-4-6-17-7-5-15/h10-12H,2-9,14H2,1H3. The molecule has 1 amide bonds. The molecule has 18 heavy (non-hydrogen) atoms. The van der Waals surface area contributed by atoms with Crippen LogP contribution in [-0.4, -0.2) is 55.9 Å². The average Bonchev–Trinajstić information content (AvgIpc) is 2.82. The number of rotatable bonds is 4. The molecule has 3 unspecified atom stereocenters. The molecule has 0 spiro atoms. The molecule has 0 aromatic heterocycles. The van der Waals surface area contributed by atoms with E-state index < -0.39 is 0 Å². The Morgan fingerprint density at radius 2 is 2.11 bits per heavy atom. The molecule has 2 saturated heterocycles. The third-order valence-electron chi connectivity index (χ3n) is 3.82. The molecule has 2 aliphatic heterocycles. The predicted molar refractivity (Wildman–Crippen MR) is 68.1 cm³/mol. The molecule has 0 aromatic rings. The van der Waals surface area contributed by atoms with Gasteiger partial charge in [0, 0.05) is 19.6 Å². The highest BCUT2D eigenvalue weighted by atomic mass is 16.5. The molecule has 0 aliphatic carbocycles. The number of nitrogens with two attached hydrogens (primary N) is 1. The monoisotopic (exact) mass is 256 g/mol. The van der Waals surface area contributed by atoms with Gasteiger partial charge in [-0.3, -0.25) is 4.79 Å². The van der Waals surface area contributed by atoms with Crippen molar-refractivity contribution in [3.63, 3.8) is 0 Å². The highest BCUT2D eigenvalue weighted by molar-refractivity contribution is 5.79. The summed E-state index contributed by atoms with van der Waals surface area (Å²) in [5, 5.41) is 0. The maximum atomic E-state index is 12.3. The minimum atomic E-state index is -0.0987. The molecular formula is C13H24N2O3. The number of carbonyl (C=O) groups is 1. The summed E-state index contributed by atoms with van der Waals surface area (Å²) in [5.74, 6) is 0.0716. The molecule has 104 valence electrons. The largest absolute Gasteiger partial charge is 0.378 e. The van der Waals surface area contributed by atoms with Crippen LogP contribution in [0.4, 0.5) is 0 Å². The lowest BCUT2D eigenvalue weighted by atomic mass is 9.98. The average molecular weight is 256 g/mol. The molecule has 5 heteroatoms. The van der Waals surface area contributed by atoms with Crippen LogP contribution in [0.5, 0.6) is 0 Å². The van der Waals surface area contributed by atoms with E-state index in [1.807, 2.05) is 4.90 Å². The lowest BCUT2D eigenvalue weighted by Crippen LogP contribution is -2.46. The SMILES string of the molecule is CC1CCC(CC(CN)C(=O)N2CCOCC2)O1. The zero-order chi connectivity index (χ0) is 13.0. The van der Waals surface area contributed by atoms with Crippen LogP contribution in [0, 0.1) is 5.92 Å². The molecule has 0 radical (unpaired) electrons. The van der Waals surface area contributed by atoms with Gasteiger partial charge in [-0.1, -0.05) is 0 Å². The van der Waals surface area contributed by atoms with Gasteiger partial charge in [0.1, 0.15) is 0 Å². The Balaban J connectivity index is 1.85. The van der Waals surface area contributed by atoms with Gasteiger partial charge in [0.05, 0.1) is 31.3 Å². The zero-order valence-corrected chi connectivity index (χ0v) is 11.1. The molecule has 2 N–H and O–H groups in total. The number of nitrogens with zero attached hydrogens (tertiary/aromatic N) is 1. The van der Waals surface area contributed by atoms with Crippen molar-refractivity contribution in [1.82, 2.24) is 4.90 Å². The summed E-state index contributed by atoms with van der Waals surface area (Å²) in [5.41, 5.74) is 5.76. The number of hydrogen-bond donors (Lipinski definition) is 1. The molecule has 2 heterocycles. The first-order chi connectivity index (χ1) is 8.70. The van der Waals surface area contributed by atoms with Crippen LogP contribution in [0.1, 0.15) is 26.2 Å². The van der Waals surface area contributed by atoms with Gasteiger partial charge >= 0.3 is 0 Å². The summed E-state index contributed by atoms with van der Waals surface area (Å²) in [6, 6.07) is 0. The van der Waals surface area contributed by atoms with Crippen molar-refractivity contribution in [3.05, 3.63) is 0 Å².